The topological polar surface area (TPSA) is 153 Å². The number of hydrogen-bond acceptors (Lipinski definition) is 13. The summed E-state index contributed by atoms with van der Waals surface area (Å²) >= 11 is 1.44. The summed E-state index contributed by atoms with van der Waals surface area (Å²) in [6.07, 6.45) is 2.70. The predicted octanol–water partition coefficient (Wildman–Crippen LogP) is 8.03. The maximum Gasteiger partial charge on any atom is 0.501 e. The normalized spacial score (nSPS) is 16.7. The van der Waals surface area contributed by atoms with Gasteiger partial charge in [-0.2, -0.15) is 13.2 Å². The van der Waals surface area contributed by atoms with E-state index in [1.807, 2.05) is 71.5 Å². The number of thioether (sulfide) groups is 1. The lowest BCUT2D eigenvalue weighted by atomic mass is 9.88. The van der Waals surface area contributed by atoms with E-state index in [-0.39, 0.29) is 18.3 Å². The number of carbonyl (C=O) groups is 1. The van der Waals surface area contributed by atoms with Crippen molar-refractivity contribution in [2.75, 3.05) is 77.5 Å². The number of alkyl halides is 3. The lowest BCUT2D eigenvalue weighted by molar-refractivity contribution is -0.0435. The van der Waals surface area contributed by atoms with E-state index >= 15 is 0 Å². The number of sulfone groups is 1. The number of ether oxygens (including phenoxy) is 4. The molecule has 356 valence electrons. The van der Waals surface area contributed by atoms with Gasteiger partial charge in [0.15, 0.2) is 11.5 Å². The van der Waals surface area contributed by atoms with Crippen molar-refractivity contribution in [3.63, 3.8) is 0 Å². The van der Waals surface area contributed by atoms with E-state index < -0.39 is 52.8 Å². The second kappa shape index (κ2) is 20.9. The van der Waals surface area contributed by atoms with Crippen molar-refractivity contribution in [3.8, 4) is 28.4 Å². The molecule has 0 aliphatic carbocycles. The molecule has 0 radical (unpaired) electrons. The SMILES string of the molecule is COc1cc2c(cc1[C@H](CN1CCCC1)c1ccc(-c3ccc(C(=O)NS(=O)(=O)c4ccc(N[C@H](CCN5CCOCC5)CSc5ccccc5)c(S(=O)(=O)C(F)(F)F)c4)cc3)cc1)OCO2. The van der Waals surface area contributed by atoms with E-state index in [0.29, 0.717) is 68.3 Å². The van der Waals surface area contributed by atoms with Gasteiger partial charge in [0.1, 0.15) is 10.6 Å². The molecular formula is C48H51F3N4O9S3. The Kier molecular flexibility index (Phi) is 15.0. The van der Waals surface area contributed by atoms with Crippen LogP contribution in [0.2, 0.25) is 0 Å². The Morgan fingerprint density at radius 2 is 1.46 bits per heavy atom. The summed E-state index contributed by atoms with van der Waals surface area (Å²) in [6, 6.07) is 29.2. The van der Waals surface area contributed by atoms with Crippen LogP contribution in [0, 0.1) is 0 Å². The van der Waals surface area contributed by atoms with Crippen LogP contribution in [0.1, 0.15) is 46.7 Å². The number of sulfonamides is 1. The Morgan fingerprint density at radius 3 is 2.12 bits per heavy atom. The molecule has 13 nitrogen and oxygen atoms in total. The number of nitrogens with one attached hydrogen (secondary N) is 2. The van der Waals surface area contributed by atoms with Crippen LogP contribution in [0.25, 0.3) is 11.1 Å². The Morgan fingerprint density at radius 1 is 0.806 bits per heavy atom. The van der Waals surface area contributed by atoms with Crippen LogP contribution >= 0.6 is 11.8 Å². The number of likely N-dealkylation sites (tertiary alicyclic amines) is 1. The Bertz CT molecular complexity index is 2740. The molecule has 0 bridgehead atoms. The minimum Gasteiger partial charge on any atom is -0.496 e. The number of hydrogen-bond donors (Lipinski definition) is 2. The Balaban J connectivity index is 0.990. The van der Waals surface area contributed by atoms with Crippen molar-refractivity contribution in [2.45, 2.75) is 51.4 Å². The zero-order valence-corrected chi connectivity index (χ0v) is 39.1. The van der Waals surface area contributed by atoms with Crippen LogP contribution in [0.5, 0.6) is 17.2 Å². The van der Waals surface area contributed by atoms with Gasteiger partial charge in [0.25, 0.3) is 25.8 Å². The van der Waals surface area contributed by atoms with Gasteiger partial charge in [-0.1, -0.05) is 54.6 Å². The fourth-order valence-electron chi connectivity index (χ4n) is 8.39. The fraction of sp³-hybridized carbons (Fsp3) is 0.354. The third kappa shape index (κ3) is 11.5. The lowest BCUT2D eigenvalue weighted by Gasteiger charge is -2.29. The molecule has 3 heterocycles. The van der Waals surface area contributed by atoms with E-state index in [2.05, 4.69) is 15.1 Å². The summed E-state index contributed by atoms with van der Waals surface area (Å²) in [5.74, 6) is 1.24. The van der Waals surface area contributed by atoms with E-state index in [4.69, 9.17) is 18.9 Å². The molecule has 8 rings (SSSR count). The smallest absolute Gasteiger partial charge is 0.496 e. The number of nitrogens with zero attached hydrogens (tertiary/aromatic N) is 2. The molecule has 1 amide bonds. The molecule has 0 spiro atoms. The molecular weight excluding hydrogens is 930 g/mol. The highest BCUT2D eigenvalue weighted by atomic mass is 32.2. The number of rotatable bonds is 18. The molecule has 5 aromatic carbocycles. The minimum absolute atomic E-state index is 0.0479. The monoisotopic (exact) mass is 980 g/mol. The number of anilines is 1. The van der Waals surface area contributed by atoms with Gasteiger partial charge in [0, 0.05) is 66.0 Å². The highest BCUT2D eigenvalue weighted by molar-refractivity contribution is 7.99. The van der Waals surface area contributed by atoms with Gasteiger partial charge >= 0.3 is 5.51 Å². The number of benzene rings is 5. The average Bonchev–Trinajstić information content (AvgIpc) is 4.04. The zero-order chi connectivity index (χ0) is 47.2. The first-order valence-electron chi connectivity index (χ1n) is 21.9. The van der Waals surface area contributed by atoms with E-state index in [9.17, 15) is 34.8 Å². The maximum atomic E-state index is 14.2. The van der Waals surface area contributed by atoms with Crippen molar-refractivity contribution >= 4 is 43.2 Å². The Labute approximate surface area is 392 Å². The van der Waals surface area contributed by atoms with E-state index in [1.165, 1.54) is 23.9 Å². The molecule has 0 unspecified atom stereocenters. The molecule has 3 aliphatic heterocycles. The van der Waals surface area contributed by atoms with E-state index in [0.717, 1.165) is 71.8 Å². The second-order valence-electron chi connectivity index (χ2n) is 16.5. The molecule has 2 fully saturated rings. The molecule has 2 N–H and O–H groups in total. The third-order valence-electron chi connectivity index (χ3n) is 12.1. The summed E-state index contributed by atoms with van der Waals surface area (Å²) in [6.45, 7) is 5.89. The summed E-state index contributed by atoms with van der Waals surface area (Å²) in [7, 11) is -9.32. The summed E-state index contributed by atoms with van der Waals surface area (Å²) < 4.78 is 120. The van der Waals surface area contributed by atoms with Gasteiger partial charge < -0.3 is 29.2 Å². The van der Waals surface area contributed by atoms with Crippen molar-refractivity contribution in [1.82, 2.24) is 14.5 Å². The maximum absolute atomic E-state index is 14.2. The number of amides is 1. The van der Waals surface area contributed by atoms with Gasteiger partial charge in [-0.05, 0) is 97.6 Å². The van der Waals surface area contributed by atoms with Gasteiger partial charge in [-0.15, -0.1) is 11.8 Å². The van der Waals surface area contributed by atoms with Gasteiger partial charge in [0.05, 0.1) is 30.9 Å². The number of carbonyl (C=O) groups excluding carboxylic acids is 1. The average molecular weight is 981 g/mol. The summed E-state index contributed by atoms with van der Waals surface area (Å²) in [5.41, 5.74) is -2.63. The van der Waals surface area contributed by atoms with Crippen LogP contribution in [0.3, 0.4) is 0 Å². The van der Waals surface area contributed by atoms with E-state index in [1.54, 1.807) is 19.2 Å². The zero-order valence-electron chi connectivity index (χ0n) is 36.7. The van der Waals surface area contributed by atoms with Gasteiger partial charge in [-0.25, -0.2) is 21.6 Å². The van der Waals surface area contributed by atoms with Crippen LogP contribution in [0.15, 0.2) is 124 Å². The first-order chi connectivity index (χ1) is 32.2. The molecule has 5 aromatic rings. The largest absolute Gasteiger partial charge is 0.501 e. The fourth-order valence-corrected chi connectivity index (χ4v) is 11.4. The molecule has 0 saturated carbocycles. The highest BCUT2D eigenvalue weighted by Crippen LogP contribution is 2.43. The van der Waals surface area contributed by atoms with Crippen LogP contribution in [0.4, 0.5) is 18.9 Å². The molecule has 0 aromatic heterocycles. The van der Waals surface area contributed by atoms with Crippen LogP contribution in [-0.4, -0.2) is 116 Å². The molecule has 3 aliphatic rings. The summed E-state index contributed by atoms with van der Waals surface area (Å²) in [5, 5.41) is 2.99. The van der Waals surface area contributed by atoms with Gasteiger partial charge in [-0.3, -0.25) is 9.69 Å². The Hall–Kier alpha value is -5.31. The van der Waals surface area contributed by atoms with Gasteiger partial charge in [0.2, 0.25) is 6.79 Å². The number of methoxy groups -OCH3 is 1. The standard InChI is InChI=1S/C48H51F3N4O9S3/c1-61-43-29-45-44(63-32-64-45)28-40(43)41(30-55-20-5-6-21-55)35-13-9-33(10-14-35)34-11-15-36(16-12-34)47(56)53-67(59,60)39-17-18-42(46(27-39)66(57,58)48(49,50)51)52-37(19-22-54-23-25-62-26-24-54)31-65-38-7-3-2-4-8-38/h2-4,7-18,27-29,37,41,52H,5-6,19-26,30-32H2,1H3,(H,53,56)/t37-,41-/m1/s1. The number of halogens is 3. The van der Waals surface area contributed by atoms with Crippen molar-refractivity contribution in [3.05, 3.63) is 126 Å². The second-order valence-corrected chi connectivity index (χ2v) is 21.1. The first kappa shape index (κ1) is 48.2. The molecule has 2 saturated heterocycles. The van der Waals surface area contributed by atoms with Crippen LogP contribution < -0.4 is 24.2 Å². The summed E-state index contributed by atoms with van der Waals surface area (Å²) in [4.78, 5) is 16.8. The lowest BCUT2D eigenvalue weighted by Crippen LogP contribution is -2.39. The highest BCUT2D eigenvalue weighted by Gasteiger charge is 2.48. The third-order valence-corrected chi connectivity index (χ3v) is 16.1. The number of morpholine rings is 1. The van der Waals surface area contributed by atoms with Crippen molar-refractivity contribution in [1.29, 1.82) is 0 Å². The quantitative estimate of drug-likeness (QED) is 0.0816. The predicted molar refractivity (Wildman–Crippen MR) is 249 cm³/mol. The molecule has 67 heavy (non-hydrogen) atoms. The number of fused-ring (bicyclic) bond motifs is 1. The molecule has 19 heteroatoms. The molecule has 2 atom stereocenters. The minimum atomic E-state index is -6.07. The first-order valence-corrected chi connectivity index (χ1v) is 25.8. The van der Waals surface area contributed by atoms with Crippen molar-refractivity contribution in [2.24, 2.45) is 0 Å². The van der Waals surface area contributed by atoms with Crippen molar-refractivity contribution < 1.29 is 53.7 Å². The van der Waals surface area contributed by atoms with Crippen LogP contribution in [-0.2, 0) is 24.6 Å².